The molecule has 0 spiro atoms. The molecule has 0 aliphatic rings. The minimum atomic E-state index is 0.654. The highest BCUT2D eigenvalue weighted by Gasteiger charge is 2.09. The van der Waals surface area contributed by atoms with E-state index in [4.69, 9.17) is 11.6 Å². The average Bonchev–Trinajstić information content (AvgIpc) is 2.55. The van der Waals surface area contributed by atoms with Crippen LogP contribution in [-0.2, 0) is 0 Å². The van der Waals surface area contributed by atoms with E-state index in [0.29, 0.717) is 5.02 Å². The molecule has 1 aromatic carbocycles. The Morgan fingerprint density at radius 1 is 0.955 bits per heavy atom. The standard InChI is InChI=1S/C18H12BrClN2/c19-14-6-7-17(22-12-14)16(10-13-4-2-1-3-5-13)18-11-15(20)8-9-21-18/h1-12H/b16-10-. The molecule has 0 aliphatic heterocycles. The van der Waals surface area contributed by atoms with E-state index < -0.39 is 0 Å². The van der Waals surface area contributed by atoms with Crippen molar-refractivity contribution in [1.29, 1.82) is 0 Å². The predicted molar refractivity (Wildman–Crippen MR) is 94.6 cm³/mol. The van der Waals surface area contributed by atoms with Gasteiger partial charge in [-0.1, -0.05) is 41.9 Å². The number of nitrogens with zero attached hydrogens (tertiary/aromatic N) is 2. The van der Waals surface area contributed by atoms with Crippen LogP contribution >= 0.6 is 27.5 Å². The van der Waals surface area contributed by atoms with Gasteiger partial charge in [0, 0.05) is 27.5 Å². The van der Waals surface area contributed by atoms with Gasteiger partial charge in [0.05, 0.1) is 11.4 Å². The van der Waals surface area contributed by atoms with Crippen molar-refractivity contribution >= 4 is 39.2 Å². The molecule has 3 rings (SSSR count). The number of hydrogen-bond acceptors (Lipinski definition) is 2. The Kier molecular flexibility index (Phi) is 4.66. The van der Waals surface area contributed by atoms with Gasteiger partial charge in [-0.2, -0.15) is 0 Å². The minimum absolute atomic E-state index is 0.654. The maximum Gasteiger partial charge on any atom is 0.0738 e. The molecule has 2 heterocycles. The van der Waals surface area contributed by atoms with Gasteiger partial charge in [-0.3, -0.25) is 9.97 Å². The molecular formula is C18H12BrClN2. The number of hydrogen-bond donors (Lipinski definition) is 0. The molecule has 108 valence electrons. The fourth-order valence-electron chi connectivity index (χ4n) is 2.08. The summed E-state index contributed by atoms with van der Waals surface area (Å²) < 4.78 is 0.939. The van der Waals surface area contributed by atoms with Crippen LogP contribution in [0.5, 0.6) is 0 Å². The lowest BCUT2D eigenvalue weighted by Crippen LogP contribution is -1.94. The summed E-state index contributed by atoms with van der Waals surface area (Å²) in [6, 6.07) is 17.6. The zero-order valence-corrected chi connectivity index (χ0v) is 13.9. The van der Waals surface area contributed by atoms with Gasteiger partial charge >= 0.3 is 0 Å². The third-order valence-electron chi connectivity index (χ3n) is 3.11. The number of pyridine rings is 2. The highest BCUT2D eigenvalue weighted by molar-refractivity contribution is 9.10. The Morgan fingerprint density at radius 3 is 2.45 bits per heavy atom. The van der Waals surface area contributed by atoms with Crippen molar-refractivity contribution in [3.8, 4) is 0 Å². The molecule has 2 nitrogen and oxygen atoms in total. The van der Waals surface area contributed by atoms with Gasteiger partial charge < -0.3 is 0 Å². The first kappa shape index (κ1) is 14.9. The Morgan fingerprint density at radius 2 is 1.77 bits per heavy atom. The third-order valence-corrected chi connectivity index (χ3v) is 3.82. The van der Waals surface area contributed by atoms with Crippen molar-refractivity contribution < 1.29 is 0 Å². The molecule has 0 amide bonds. The lowest BCUT2D eigenvalue weighted by Gasteiger charge is -2.08. The summed E-state index contributed by atoms with van der Waals surface area (Å²) in [5.74, 6) is 0. The van der Waals surface area contributed by atoms with E-state index in [1.165, 1.54) is 0 Å². The Hall–Kier alpha value is -1.97. The van der Waals surface area contributed by atoms with Gasteiger partial charge in [-0.25, -0.2) is 0 Å². The van der Waals surface area contributed by atoms with E-state index in [1.807, 2.05) is 48.5 Å². The van der Waals surface area contributed by atoms with Crippen molar-refractivity contribution in [1.82, 2.24) is 9.97 Å². The van der Waals surface area contributed by atoms with Crippen LogP contribution in [0.1, 0.15) is 17.0 Å². The summed E-state index contributed by atoms with van der Waals surface area (Å²) in [4.78, 5) is 8.91. The van der Waals surface area contributed by atoms with E-state index in [9.17, 15) is 0 Å². The fourth-order valence-corrected chi connectivity index (χ4v) is 2.48. The van der Waals surface area contributed by atoms with E-state index >= 15 is 0 Å². The summed E-state index contributed by atoms with van der Waals surface area (Å²) in [5.41, 5.74) is 3.66. The van der Waals surface area contributed by atoms with Crippen LogP contribution in [0.2, 0.25) is 5.02 Å². The Labute approximate surface area is 142 Å². The van der Waals surface area contributed by atoms with Crippen LogP contribution < -0.4 is 0 Å². The quantitative estimate of drug-likeness (QED) is 0.609. The predicted octanol–water partition coefficient (Wildman–Crippen LogP) is 5.48. The number of benzene rings is 1. The van der Waals surface area contributed by atoms with Crippen molar-refractivity contribution in [2.75, 3.05) is 0 Å². The fraction of sp³-hybridized carbons (Fsp3) is 0. The maximum absolute atomic E-state index is 6.11. The summed E-state index contributed by atoms with van der Waals surface area (Å²) in [6.07, 6.45) is 5.54. The monoisotopic (exact) mass is 370 g/mol. The second kappa shape index (κ2) is 6.86. The van der Waals surface area contributed by atoms with Crippen LogP contribution in [-0.4, -0.2) is 9.97 Å². The lowest BCUT2D eigenvalue weighted by atomic mass is 10.0. The molecule has 0 radical (unpaired) electrons. The lowest BCUT2D eigenvalue weighted by molar-refractivity contribution is 1.22. The van der Waals surface area contributed by atoms with E-state index in [0.717, 1.165) is 27.0 Å². The topological polar surface area (TPSA) is 25.8 Å². The van der Waals surface area contributed by atoms with Crippen LogP contribution in [0, 0.1) is 0 Å². The SMILES string of the molecule is Clc1ccnc(/C(=C\c2ccccc2)c2ccc(Br)cn2)c1. The van der Waals surface area contributed by atoms with Crippen molar-refractivity contribution in [2.45, 2.75) is 0 Å². The molecule has 22 heavy (non-hydrogen) atoms. The van der Waals surface area contributed by atoms with Crippen LogP contribution in [0.3, 0.4) is 0 Å². The maximum atomic E-state index is 6.11. The molecule has 4 heteroatoms. The first-order valence-electron chi connectivity index (χ1n) is 6.73. The molecule has 2 aromatic heterocycles. The normalized spacial score (nSPS) is 11.5. The zero-order chi connectivity index (χ0) is 15.4. The summed E-state index contributed by atoms with van der Waals surface area (Å²) in [7, 11) is 0. The molecule has 0 unspecified atom stereocenters. The Bertz CT molecular complexity index is 799. The van der Waals surface area contributed by atoms with Gasteiger partial charge in [-0.05, 0) is 51.8 Å². The zero-order valence-electron chi connectivity index (χ0n) is 11.6. The Balaban J connectivity index is 2.14. The first-order valence-corrected chi connectivity index (χ1v) is 7.90. The molecule has 3 aromatic rings. The second-order valence-electron chi connectivity index (χ2n) is 4.69. The number of rotatable bonds is 3. The first-order chi connectivity index (χ1) is 10.7. The molecule has 0 saturated heterocycles. The average molecular weight is 372 g/mol. The number of aromatic nitrogens is 2. The molecule has 0 N–H and O–H groups in total. The van der Waals surface area contributed by atoms with Crippen LogP contribution in [0.15, 0.2) is 71.5 Å². The molecule has 0 aliphatic carbocycles. The van der Waals surface area contributed by atoms with E-state index in [2.05, 4.69) is 32.0 Å². The number of halogens is 2. The molecule has 0 fully saturated rings. The minimum Gasteiger partial charge on any atom is -0.256 e. The molecule has 0 saturated carbocycles. The van der Waals surface area contributed by atoms with Crippen LogP contribution in [0.25, 0.3) is 11.6 Å². The van der Waals surface area contributed by atoms with Crippen molar-refractivity contribution in [3.63, 3.8) is 0 Å². The highest BCUT2D eigenvalue weighted by atomic mass is 79.9. The third kappa shape index (κ3) is 3.62. The smallest absolute Gasteiger partial charge is 0.0738 e. The van der Waals surface area contributed by atoms with Gasteiger partial charge in [0.15, 0.2) is 0 Å². The van der Waals surface area contributed by atoms with Gasteiger partial charge in [0.1, 0.15) is 0 Å². The summed E-state index contributed by atoms with van der Waals surface area (Å²) >= 11 is 9.52. The van der Waals surface area contributed by atoms with Crippen molar-refractivity contribution in [3.05, 3.63) is 93.4 Å². The van der Waals surface area contributed by atoms with Gasteiger partial charge in [0.25, 0.3) is 0 Å². The molecule has 0 bridgehead atoms. The highest BCUT2D eigenvalue weighted by Crippen LogP contribution is 2.25. The molecular weight excluding hydrogens is 360 g/mol. The largest absolute Gasteiger partial charge is 0.256 e. The van der Waals surface area contributed by atoms with Crippen LogP contribution in [0.4, 0.5) is 0 Å². The van der Waals surface area contributed by atoms with Gasteiger partial charge in [0.2, 0.25) is 0 Å². The second-order valence-corrected chi connectivity index (χ2v) is 6.04. The molecule has 0 atom stereocenters. The van der Waals surface area contributed by atoms with E-state index in [1.54, 1.807) is 18.5 Å². The van der Waals surface area contributed by atoms with Gasteiger partial charge in [-0.15, -0.1) is 0 Å². The van der Waals surface area contributed by atoms with Crippen molar-refractivity contribution in [2.24, 2.45) is 0 Å². The van der Waals surface area contributed by atoms with E-state index in [-0.39, 0.29) is 0 Å². The summed E-state index contributed by atoms with van der Waals surface area (Å²) in [5, 5.41) is 0.654. The summed E-state index contributed by atoms with van der Waals surface area (Å²) in [6.45, 7) is 0.